The molecule has 0 saturated heterocycles. The summed E-state index contributed by atoms with van der Waals surface area (Å²) >= 11 is 0. The van der Waals surface area contributed by atoms with E-state index in [2.05, 4.69) is 0 Å². The van der Waals surface area contributed by atoms with E-state index in [1.54, 1.807) is 30.6 Å². The van der Waals surface area contributed by atoms with Gasteiger partial charge in [0.15, 0.2) is 6.29 Å². The Morgan fingerprint density at radius 1 is 0.333 bits per heavy atom. The molecule has 0 aliphatic rings. The predicted octanol–water partition coefficient (Wildman–Crippen LogP) is 13.2. The maximum atomic E-state index is 10.8. The number of hydrogen-bond acceptors (Lipinski definition) is 8. The highest BCUT2D eigenvalue weighted by Crippen LogP contribution is 2.37. The zero-order valence-electron chi connectivity index (χ0n) is 37.8. The molecular weight excluding hydrogens is 853 g/mol. The van der Waals surface area contributed by atoms with E-state index in [0.29, 0.717) is 23.0 Å². The lowest BCUT2D eigenvalue weighted by molar-refractivity contribution is 0.112. The van der Waals surface area contributed by atoms with Crippen molar-refractivity contribution in [2.24, 2.45) is 21.5 Å². The van der Waals surface area contributed by atoms with Crippen molar-refractivity contribution in [2.75, 3.05) is 0 Å². The fourth-order valence-corrected chi connectivity index (χ4v) is 8.32. The molecule has 10 rings (SSSR count). The summed E-state index contributed by atoms with van der Waals surface area (Å²) < 4.78 is 0. The van der Waals surface area contributed by atoms with Crippen molar-refractivity contribution in [1.29, 1.82) is 0 Å². The van der Waals surface area contributed by atoms with E-state index in [1.807, 2.05) is 206 Å². The Hall–Kier alpha value is -8.69. The number of phenols is 3. The average molecular weight is 905 g/mol. The van der Waals surface area contributed by atoms with Gasteiger partial charge in [-0.15, -0.1) is 0 Å². The first-order chi connectivity index (χ1) is 33.8. The molecule has 69 heavy (non-hydrogen) atoms. The van der Waals surface area contributed by atoms with E-state index in [9.17, 15) is 20.1 Å². The molecule has 0 heterocycles. The molecule has 0 unspecified atom stereocenters. The Kier molecular flexibility index (Phi) is 15.4. The molecule has 10 aromatic carbocycles. The lowest BCUT2D eigenvalue weighted by Crippen LogP contribution is -2.26. The Labute approximate surface area is 401 Å². The zero-order chi connectivity index (χ0) is 48.0. The predicted molar refractivity (Wildman–Crippen MR) is 283 cm³/mol. The lowest BCUT2D eigenvalue weighted by atomic mass is 9.93. The summed E-state index contributed by atoms with van der Waals surface area (Å²) in [5.41, 5.74) is 18.1. The molecule has 0 saturated carbocycles. The maximum absolute atomic E-state index is 10.8. The van der Waals surface area contributed by atoms with Gasteiger partial charge in [0.1, 0.15) is 29.3 Å². The van der Waals surface area contributed by atoms with Crippen LogP contribution in [0.4, 0.5) is 0 Å². The number of carbonyl (C=O) groups is 1. The van der Waals surface area contributed by atoms with Gasteiger partial charge in [-0.25, -0.2) is 0 Å². The summed E-state index contributed by atoms with van der Waals surface area (Å²) in [4.78, 5) is 20.9. The van der Waals surface area contributed by atoms with Gasteiger partial charge in [-0.2, -0.15) is 0 Å². The lowest BCUT2D eigenvalue weighted by Gasteiger charge is -2.22. The van der Waals surface area contributed by atoms with Crippen molar-refractivity contribution < 1.29 is 20.1 Å². The Balaban J connectivity index is 0.000000179. The van der Waals surface area contributed by atoms with Crippen LogP contribution in [0, 0.1) is 0 Å². The molecule has 0 aliphatic heterocycles. The summed E-state index contributed by atoms with van der Waals surface area (Å²) in [6.07, 6.45) is 4.20. The SMILES string of the molecule is N[C@H](c1ccccc1)[C@@H](N)c1ccccc1.O=Cc1c(O)ccc2ccccc12.Oc1ccc2ccccc2c1C=N[C@H](c1ccccc1)[C@@H](N=Cc1c(O)ccc2ccccc12)c1ccccc1. The van der Waals surface area contributed by atoms with Gasteiger partial charge in [0.05, 0.1) is 5.56 Å². The molecule has 7 N–H and O–H groups in total. The largest absolute Gasteiger partial charge is 0.507 e. The van der Waals surface area contributed by atoms with Crippen molar-refractivity contribution in [2.45, 2.75) is 24.2 Å². The van der Waals surface area contributed by atoms with Crippen LogP contribution in [0.15, 0.2) is 241 Å². The molecule has 0 bridgehead atoms. The summed E-state index contributed by atoms with van der Waals surface area (Å²) in [6, 6.07) is 72.8. The number of nitrogens with zero attached hydrogens (tertiary/aromatic N) is 2. The van der Waals surface area contributed by atoms with Crippen LogP contribution in [0.5, 0.6) is 17.2 Å². The third-order valence-electron chi connectivity index (χ3n) is 12.0. The quantitative estimate of drug-likeness (QED) is 0.0643. The van der Waals surface area contributed by atoms with Gasteiger partial charge in [-0.3, -0.25) is 14.8 Å². The van der Waals surface area contributed by atoms with Gasteiger partial charge in [0.25, 0.3) is 0 Å². The van der Waals surface area contributed by atoms with Crippen LogP contribution in [0.25, 0.3) is 32.3 Å². The first-order valence-electron chi connectivity index (χ1n) is 22.7. The summed E-state index contributed by atoms with van der Waals surface area (Å²) in [5.74, 6) is 0.387. The van der Waals surface area contributed by atoms with E-state index in [4.69, 9.17) is 21.5 Å². The zero-order valence-corrected chi connectivity index (χ0v) is 37.8. The first-order valence-corrected chi connectivity index (χ1v) is 22.7. The van der Waals surface area contributed by atoms with Gasteiger partial charge in [-0.05, 0) is 72.8 Å². The van der Waals surface area contributed by atoms with Gasteiger partial charge in [0.2, 0.25) is 0 Å². The summed E-state index contributed by atoms with van der Waals surface area (Å²) in [7, 11) is 0. The Morgan fingerprint density at radius 3 is 0.942 bits per heavy atom. The van der Waals surface area contributed by atoms with Crippen LogP contribution in [-0.2, 0) is 0 Å². The van der Waals surface area contributed by atoms with Crippen LogP contribution in [0.3, 0.4) is 0 Å². The monoisotopic (exact) mass is 904 g/mol. The fraction of sp³-hybridized carbons (Fsp3) is 0.0656. The van der Waals surface area contributed by atoms with Crippen LogP contribution < -0.4 is 11.5 Å². The topological polar surface area (TPSA) is 155 Å². The first kappa shape index (κ1) is 46.8. The maximum Gasteiger partial charge on any atom is 0.154 e. The third kappa shape index (κ3) is 11.3. The summed E-state index contributed by atoms with van der Waals surface area (Å²) in [6.45, 7) is 0. The van der Waals surface area contributed by atoms with Crippen molar-refractivity contribution in [3.05, 3.63) is 269 Å². The van der Waals surface area contributed by atoms with E-state index in [0.717, 1.165) is 54.6 Å². The smallest absolute Gasteiger partial charge is 0.154 e. The number of phenolic OH excluding ortho intramolecular Hbond substituents is 3. The van der Waals surface area contributed by atoms with Crippen molar-refractivity contribution in [1.82, 2.24) is 0 Å². The number of rotatable bonds is 11. The molecule has 10 aromatic rings. The van der Waals surface area contributed by atoms with E-state index in [-0.39, 0.29) is 29.3 Å². The molecule has 0 amide bonds. The second-order valence-electron chi connectivity index (χ2n) is 16.4. The molecule has 0 radical (unpaired) electrons. The van der Waals surface area contributed by atoms with E-state index < -0.39 is 12.1 Å². The molecule has 8 heteroatoms. The minimum atomic E-state index is -0.393. The number of nitrogens with two attached hydrogens (primary N) is 2. The Morgan fingerprint density at radius 2 is 0.609 bits per heavy atom. The number of carbonyl (C=O) groups excluding carboxylic acids is 1. The minimum absolute atomic E-state index is 0.0358. The second-order valence-corrected chi connectivity index (χ2v) is 16.4. The van der Waals surface area contributed by atoms with Crippen LogP contribution in [-0.4, -0.2) is 34.0 Å². The van der Waals surface area contributed by atoms with Crippen molar-refractivity contribution in [3.8, 4) is 17.2 Å². The van der Waals surface area contributed by atoms with Crippen LogP contribution in [0.1, 0.15) is 67.9 Å². The van der Waals surface area contributed by atoms with Gasteiger partial charge >= 0.3 is 0 Å². The third-order valence-corrected chi connectivity index (χ3v) is 12.0. The molecule has 4 atom stereocenters. The van der Waals surface area contributed by atoms with Crippen molar-refractivity contribution in [3.63, 3.8) is 0 Å². The van der Waals surface area contributed by atoms with Crippen molar-refractivity contribution >= 4 is 51.0 Å². The number of aldehydes is 1. The average Bonchev–Trinajstić information content (AvgIpc) is 3.41. The minimum Gasteiger partial charge on any atom is -0.507 e. The number of aromatic hydroxyl groups is 3. The highest BCUT2D eigenvalue weighted by atomic mass is 16.3. The Bertz CT molecular complexity index is 3150. The number of hydrogen-bond donors (Lipinski definition) is 5. The van der Waals surface area contributed by atoms with Crippen LogP contribution >= 0.6 is 0 Å². The second kappa shape index (κ2) is 22.7. The number of aliphatic imine (C=N–C) groups is 2. The fourth-order valence-electron chi connectivity index (χ4n) is 8.32. The molecular formula is C61H52N4O4. The molecule has 8 nitrogen and oxygen atoms in total. The molecule has 340 valence electrons. The normalized spacial score (nSPS) is 13.0. The van der Waals surface area contributed by atoms with Crippen LogP contribution in [0.2, 0.25) is 0 Å². The highest BCUT2D eigenvalue weighted by Gasteiger charge is 2.24. The van der Waals surface area contributed by atoms with Gasteiger partial charge in [0, 0.05) is 35.6 Å². The highest BCUT2D eigenvalue weighted by molar-refractivity contribution is 6.04. The standard InChI is InChI=1S/C36H28N2O2.C14H16N2.C11H8O2/c39-33-21-19-25-11-7-9-17-29(25)31(33)23-37-35(27-13-3-1-4-14-27)36(28-15-5-2-6-16-28)38-24-32-30-18-10-8-12-26(30)20-22-34(32)40;15-13(11-7-3-1-4-8-11)14(16)12-9-5-2-6-10-12;12-7-10-9-4-2-1-3-8(9)5-6-11(10)13/h1-24,35-36,39-40H;1-10,13-14H,15-16H2;1-7,13H/t35-,36+;13-,14+;. The molecule has 0 aromatic heterocycles. The number of fused-ring (bicyclic) bond motifs is 3. The molecule has 0 fully saturated rings. The van der Waals surface area contributed by atoms with E-state index in [1.165, 1.54) is 6.07 Å². The molecule has 0 aliphatic carbocycles. The van der Waals surface area contributed by atoms with Gasteiger partial charge in [-0.1, -0.05) is 212 Å². The molecule has 0 spiro atoms. The van der Waals surface area contributed by atoms with Gasteiger partial charge < -0.3 is 26.8 Å². The van der Waals surface area contributed by atoms with E-state index >= 15 is 0 Å². The number of benzene rings is 10. The summed E-state index contributed by atoms with van der Waals surface area (Å²) in [5, 5.41) is 36.6.